The summed E-state index contributed by atoms with van der Waals surface area (Å²) in [5.41, 5.74) is 15.9. The Labute approximate surface area is 167 Å². The molecule has 1 atom stereocenters. The summed E-state index contributed by atoms with van der Waals surface area (Å²) < 4.78 is 1.85. The molecule has 4 aromatic rings. The third-order valence-electron chi connectivity index (χ3n) is 4.59. The molecule has 1 unspecified atom stereocenters. The van der Waals surface area contributed by atoms with E-state index in [1.807, 2.05) is 36.4 Å². The van der Waals surface area contributed by atoms with Crippen molar-refractivity contribution >= 4 is 23.1 Å². The number of nitrogen functional groups attached to an aromatic ring is 1. The number of anilines is 2. The van der Waals surface area contributed by atoms with E-state index < -0.39 is 0 Å². The molecule has 0 aliphatic carbocycles. The van der Waals surface area contributed by atoms with E-state index in [0.717, 1.165) is 11.1 Å². The number of nitrogens with two attached hydrogens (primary N) is 2. The van der Waals surface area contributed by atoms with Crippen molar-refractivity contribution in [2.75, 3.05) is 11.1 Å². The Bertz CT molecular complexity index is 1180. The van der Waals surface area contributed by atoms with Gasteiger partial charge in [0.15, 0.2) is 0 Å². The molecule has 0 aliphatic rings. The Morgan fingerprint density at radius 1 is 1.14 bits per heavy atom. The van der Waals surface area contributed by atoms with Crippen molar-refractivity contribution in [1.82, 2.24) is 19.4 Å². The van der Waals surface area contributed by atoms with Crippen molar-refractivity contribution < 1.29 is 4.79 Å². The largest absolute Gasteiger partial charge is 0.382 e. The standard InChI is InChI=1S/C21H21N7O/c1-12-3-8-16(25-11-12)26-21(29)15-6-4-14(5-7-15)17-18-19(23)24-9-10-28(18)20(27-17)13(2)22/h3-11,13H,22H2,1-2H3,(H2,23,24)(H,25,26,29). The second-order valence-corrected chi connectivity index (χ2v) is 6.89. The van der Waals surface area contributed by atoms with Gasteiger partial charge in [0.1, 0.15) is 28.7 Å². The first-order valence-corrected chi connectivity index (χ1v) is 9.16. The van der Waals surface area contributed by atoms with E-state index in [9.17, 15) is 4.79 Å². The van der Waals surface area contributed by atoms with Gasteiger partial charge in [0, 0.05) is 29.7 Å². The number of pyridine rings is 1. The lowest BCUT2D eigenvalue weighted by Gasteiger charge is -2.06. The maximum Gasteiger partial charge on any atom is 0.256 e. The Balaban J connectivity index is 1.66. The lowest BCUT2D eigenvalue weighted by molar-refractivity contribution is 0.102. The van der Waals surface area contributed by atoms with Crippen LogP contribution in [-0.2, 0) is 0 Å². The van der Waals surface area contributed by atoms with Gasteiger partial charge < -0.3 is 16.8 Å². The zero-order valence-corrected chi connectivity index (χ0v) is 16.1. The van der Waals surface area contributed by atoms with Gasteiger partial charge in [-0.3, -0.25) is 9.20 Å². The second kappa shape index (κ2) is 7.33. The van der Waals surface area contributed by atoms with Crippen LogP contribution in [0.3, 0.4) is 0 Å². The lowest BCUT2D eigenvalue weighted by atomic mass is 10.1. The molecular formula is C21H21N7O. The first-order valence-electron chi connectivity index (χ1n) is 9.16. The quantitative estimate of drug-likeness (QED) is 0.494. The number of imidazole rings is 1. The number of benzene rings is 1. The van der Waals surface area contributed by atoms with Crippen molar-refractivity contribution in [2.24, 2.45) is 5.73 Å². The normalized spacial score (nSPS) is 12.1. The van der Waals surface area contributed by atoms with Gasteiger partial charge >= 0.3 is 0 Å². The number of aryl methyl sites for hydroxylation is 1. The molecule has 0 saturated carbocycles. The molecule has 0 fully saturated rings. The first kappa shape index (κ1) is 18.6. The number of hydrogen-bond donors (Lipinski definition) is 3. The molecule has 8 heteroatoms. The summed E-state index contributed by atoms with van der Waals surface area (Å²) in [5.74, 6) is 1.33. The van der Waals surface area contributed by atoms with Crippen LogP contribution in [0.15, 0.2) is 55.0 Å². The molecule has 0 spiro atoms. The molecule has 29 heavy (non-hydrogen) atoms. The average molecular weight is 387 g/mol. The fourth-order valence-electron chi connectivity index (χ4n) is 3.12. The minimum Gasteiger partial charge on any atom is -0.382 e. The molecular weight excluding hydrogens is 366 g/mol. The van der Waals surface area contributed by atoms with E-state index in [4.69, 9.17) is 11.5 Å². The summed E-state index contributed by atoms with van der Waals surface area (Å²) in [7, 11) is 0. The number of hydrogen-bond acceptors (Lipinski definition) is 6. The number of nitrogens with zero attached hydrogens (tertiary/aromatic N) is 4. The third-order valence-corrected chi connectivity index (χ3v) is 4.59. The summed E-state index contributed by atoms with van der Waals surface area (Å²) >= 11 is 0. The summed E-state index contributed by atoms with van der Waals surface area (Å²) in [6, 6.07) is 10.5. The minimum absolute atomic E-state index is 0.236. The smallest absolute Gasteiger partial charge is 0.256 e. The van der Waals surface area contributed by atoms with E-state index in [0.29, 0.717) is 34.2 Å². The van der Waals surface area contributed by atoms with Gasteiger partial charge in [-0.2, -0.15) is 0 Å². The predicted octanol–water partition coefficient (Wildman–Crippen LogP) is 2.95. The fourth-order valence-corrected chi connectivity index (χ4v) is 3.12. The molecule has 0 radical (unpaired) electrons. The fraction of sp³-hybridized carbons (Fsp3) is 0.143. The second-order valence-electron chi connectivity index (χ2n) is 6.89. The number of amides is 1. The average Bonchev–Trinajstić information content (AvgIpc) is 3.11. The summed E-state index contributed by atoms with van der Waals surface area (Å²) in [6.07, 6.45) is 5.11. The van der Waals surface area contributed by atoms with Gasteiger partial charge in [-0.05, 0) is 37.6 Å². The summed E-state index contributed by atoms with van der Waals surface area (Å²) in [5, 5.41) is 2.79. The van der Waals surface area contributed by atoms with Crippen LogP contribution in [0.2, 0.25) is 0 Å². The van der Waals surface area contributed by atoms with Crippen molar-refractivity contribution in [2.45, 2.75) is 19.9 Å². The molecule has 3 heterocycles. The maximum atomic E-state index is 12.5. The number of fused-ring (bicyclic) bond motifs is 1. The van der Waals surface area contributed by atoms with Gasteiger partial charge in [0.2, 0.25) is 0 Å². The Morgan fingerprint density at radius 2 is 1.90 bits per heavy atom. The van der Waals surface area contributed by atoms with E-state index >= 15 is 0 Å². The summed E-state index contributed by atoms with van der Waals surface area (Å²) in [4.78, 5) is 25.5. The van der Waals surface area contributed by atoms with Crippen LogP contribution in [0.4, 0.5) is 11.6 Å². The first-order chi connectivity index (χ1) is 13.9. The van der Waals surface area contributed by atoms with Crippen LogP contribution in [-0.4, -0.2) is 25.3 Å². The highest BCUT2D eigenvalue weighted by Crippen LogP contribution is 2.29. The van der Waals surface area contributed by atoms with Crippen molar-refractivity contribution in [3.8, 4) is 11.3 Å². The van der Waals surface area contributed by atoms with Crippen LogP contribution >= 0.6 is 0 Å². The van der Waals surface area contributed by atoms with Gasteiger partial charge in [-0.1, -0.05) is 18.2 Å². The molecule has 4 rings (SSSR count). The minimum atomic E-state index is -0.273. The third kappa shape index (κ3) is 3.53. The molecule has 8 nitrogen and oxygen atoms in total. The summed E-state index contributed by atoms with van der Waals surface area (Å²) in [6.45, 7) is 3.80. The molecule has 0 saturated heterocycles. The van der Waals surface area contributed by atoms with Crippen molar-refractivity contribution in [3.05, 3.63) is 71.9 Å². The van der Waals surface area contributed by atoms with Crippen LogP contribution in [0, 0.1) is 6.92 Å². The molecule has 1 amide bonds. The number of rotatable bonds is 4. The van der Waals surface area contributed by atoms with Gasteiger partial charge in [0.25, 0.3) is 5.91 Å². The Morgan fingerprint density at radius 3 is 2.55 bits per heavy atom. The van der Waals surface area contributed by atoms with Crippen LogP contribution in [0.1, 0.15) is 34.7 Å². The van der Waals surface area contributed by atoms with Crippen molar-refractivity contribution in [1.29, 1.82) is 0 Å². The zero-order valence-electron chi connectivity index (χ0n) is 16.1. The van der Waals surface area contributed by atoms with Crippen LogP contribution in [0.5, 0.6) is 0 Å². The van der Waals surface area contributed by atoms with Gasteiger partial charge in [-0.25, -0.2) is 15.0 Å². The highest BCUT2D eigenvalue weighted by atomic mass is 16.1. The predicted molar refractivity (Wildman–Crippen MR) is 112 cm³/mol. The van der Waals surface area contributed by atoms with Crippen LogP contribution in [0.25, 0.3) is 16.8 Å². The number of nitrogens with one attached hydrogen (secondary N) is 1. The highest BCUT2D eigenvalue weighted by Gasteiger charge is 2.18. The van der Waals surface area contributed by atoms with Gasteiger partial charge in [0.05, 0.1) is 6.04 Å². The highest BCUT2D eigenvalue weighted by molar-refractivity contribution is 6.04. The molecule has 5 N–H and O–H groups in total. The van der Waals surface area contributed by atoms with E-state index in [1.54, 1.807) is 36.8 Å². The molecule has 0 aliphatic heterocycles. The molecule has 3 aromatic heterocycles. The SMILES string of the molecule is Cc1ccc(NC(=O)c2ccc(-c3nc(C(C)N)n4ccnc(N)c34)cc2)nc1. The number of carbonyl (C=O) groups excluding carboxylic acids is 1. The maximum absolute atomic E-state index is 12.5. The topological polar surface area (TPSA) is 124 Å². The Hall–Kier alpha value is -3.78. The monoisotopic (exact) mass is 387 g/mol. The van der Waals surface area contributed by atoms with E-state index in [1.165, 1.54) is 0 Å². The number of carbonyl (C=O) groups is 1. The van der Waals surface area contributed by atoms with E-state index in [2.05, 4.69) is 20.3 Å². The lowest BCUT2D eigenvalue weighted by Crippen LogP contribution is -2.12. The molecule has 146 valence electrons. The molecule has 0 bridgehead atoms. The number of aromatic nitrogens is 4. The van der Waals surface area contributed by atoms with Crippen molar-refractivity contribution in [3.63, 3.8) is 0 Å². The van der Waals surface area contributed by atoms with Crippen LogP contribution < -0.4 is 16.8 Å². The van der Waals surface area contributed by atoms with Gasteiger partial charge in [-0.15, -0.1) is 0 Å². The zero-order chi connectivity index (χ0) is 20.5. The van der Waals surface area contributed by atoms with E-state index in [-0.39, 0.29) is 11.9 Å². The Kier molecular flexibility index (Phi) is 4.69. The molecule has 1 aromatic carbocycles.